The van der Waals surface area contributed by atoms with Gasteiger partial charge in [-0.2, -0.15) is 0 Å². The van der Waals surface area contributed by atoms with Crippen LogP contribution in [0, 0.1) is 5.92 Å². The number of benzene rings is 3. The second-order valence-corrected chi connectivity index (χ2v) is 22.5. The van der Waals surface area contributed by atoms with Gasteiger partial charge in [0.1, 0.15) is 55.9 Å². The van der Waals surface area contributed by atoms with E-state index in [9.17, 15) is 19.9 Å². The first-order valence-electron chi connectivity index (χ1n) is 22.4. The van der Waals surface area contributed by atoms with Gasteiger partial charge in [0.25, 0.3) is 0 Å². The summed E-state index contributed by atoms with van der Waals surface area (Å²) in [6.07, 6.45) is -11.0. The molecule has 0 N–H and O–H groups in total. The van der Waals surface area contributed by atoms with Gasteiger partial charge in [0.2, 0.25) is 0 Å². The highest BCUT2D eigenvalue weighted by Crippen LogP contribution is 2.47. The Kier molecular flexibility index (Phi) is 17.9. The molecule has 0 radical (unpaired) electrons. The fourth-order valence-electron chi connectivity index (χ4n) is 7.95. The first-order valence-corrected chi connectivity index (χ1v) is 25.3. The molecule has 3 saturated heterocycles. The Hall–Kier alpha value is -4.72. The van der Waals surface area contributed by atoms with Crippen molar-refractivity contribution in [3.8, 4) is 0 Å². The second-order valence-electron chi connectivity index (χ2n) is 17.9. The van der Waals surface area contributed by atoms with E-state index in [1.54, 1.807) is 0 Å². The van der Waals surface area contributed by atoms with Crippen molar-refractivity contribution in [2.45, 2.75) is 147 Å². The molecular weight excluding hydrogens is 871 g/mol. The molecule has 17 nitrogen and oxygen atoms in total. The number of carbonyl (C=O) groups excluding carboxylic acids is 3. The van der Waals surface area contributed by atoms with Crippen molar-refractivity contribution >= 4 is 26.2 Å². The summed E-state index contributed by atoms with van der Waals surface area (Å²) < 4.78 is 70.4. The molecule has 0 saturated carbocycles. The Bertz CT molecular complexity index is 2080. The van der Waals surface area contributed by atoms with E-state index < -0.39 is 100 Å². The summed E-state index contributed by atoms with van der Waals surface area (Å²) in [6, 6.07) is 27.2. The molecule has 3 aliphatic heterocycles. The minimum absolute atomic E-state index is 0.0394. The van der Waals surface area contributed by atoms with Crippen molar-refractivity contribution in [1.29, 1.82) is 0 Å². The molecular formula is C48H63N3O14Si. The van der Waals surface area contributed by atoms with Crippen molar-refractivity contribution in [3.63, 3.8) is 0 Å². The molecule has 18 heteroatoms. The molecule has 0 aliphatic carbocycles. The van der Waals surface area contributed by atoms with Crippen LogP contribution in [0.25, 0.3) is 10.4 Å². The molecule has 66 heavy (non-hydrogen) atoms. The molecule has 3 heterocycles. The lowest BCUT2D eigenvalue weighted by atomic mass is 9.95. The van der Waals surface area contributed by atoms with Crippen LogP contribution < -0.4 is 0 Å². The Balaban J connectivity index is 1.41. The van der Waals surface area contributed by atoms with Crippen molar-refractivity contribution in [2.24, 2.45) is 11.0 Å². The Morgan fingerprint density at radius 2 is 1.39 bits per heavy atom. The van der Waals surface area contributed by atoms with Gasteiger partial charge < -0.3 is 51.8 Å². The number of hydrogen-bond acceptors (Lipinski definition) is 15. The van der Waals surface area contributed by atoms with Crippen molar-refractivity contribution in [2.75, 3.05) is 19.8 Å². The first kappa shape index (κ1) is 50.7. The van der Waals surface area contributed by atoms with Crippen molar-refractivity contribution < 1.29 is 66.2 Å². The molecule has 11 unspecified atom stereocenters. The van der Waals surface area contributed by atoms with Crippen LogP contribution in [0.2, 0.25) is 18.1 Å². The first-order chi connectivity index (χ1) is 31.6. The predicted molar refractivity (Wildman–Crippen MR) is 240 cm³/mol. The van der Waals surface area contributed by atoms with Gasteiger partial charge >= 0.3 is 17.9 Å². The smallest absolute Gasteiger partial charge is 0.309 e. The molecule has 6 rings (SSSR count). The maximum Gasteiger partial charge on any atom is 0.309 e. The van der Waals surface area contributed by atoms with Crippen LogP contribution in [-0.4, -0.2) is 107 Å². The number of hydrogen-bond donors (Lipinski definition) is 0. The third-order valence-corrected chi connectivity index (χ3v) is 17.2. The maximum absolute atomic E-state index is 13.2. The molecule has 3 aromatic carbocycles. The van der Waals surface area contributed by atoms with Gasteiger partial charge in [-0.1, -0.05) is 124 Å². The number of esters is 3. The van der Waals surface area contributed by atoms with E-state index in [1.165, 1.54) is 13.8 Å². The van der Waals surface area contributed by atoms with Gasteiger partial charge in [-0.15, -0.1) is 0 Å². The summed E-state index contributed by atoms with van der Waals surface area (Å²) >= 11 is 0. The monoisotopic (exact) mass is 933 g/mol. The van der Waals surface area contributed by atoms with Crippen molar-refractivity contribution in [1.82, 2.24) is 0 Å². The number of nitrogens with zero attached hydrogens (tertiary/aromatic N) is 3. The van der Waals surface area contributed by atoms with E-state index >= 15 is 0 Å². The molecule has 0 aromatic heterocycles. The number of carbonyl (C=O) groups is 3. The van der Waals surface area contributed by atoms with Gasteiger partial charge in [0.15, 0.2) is 33.3 Å². The molecule has 358 valence electrons. The quantitative estimate of drug-likeness (QED) is 0.0264. The molecule has 0 amide bonds. The van der Waals surface area contributed by atoms with Gasteiger partial charge in [-0.05, 0) is 40.7 Å². The van der Waals surface area contributed by atoms with E-state index in [0.29, 0.717) is 0 Å². The number of rotatable bonds is 20. The molecule has 3 aromatic rings. The second kappa shape index (κ2) is 23.3. The minimum Gasteiger partial charge on any atom is -0.465 e. The highest BCUT2D eigenvalue weighted by molar-refractivity contribution is 6.74. The average Bonchev–Trinajstić information content (AvgIpc) is 3.29. The highest BCUT2D eigenvalue weighted by atomic mass is 28.4. The zero-order valence-corrected chi connectivity index (χ0v) is 39.9. The van der Waals surface area contributed by atoms with E-state index in [-0.39, 0.29) is 43.8 Å². The normalized spacial score (nSPS) is 27.8. The predicted octanol–water partition coefficient (Wildman–Crippen LogP) is 7.87. The summed E-state index contributed by atoms with van der Waals surface area (Å²) in [5, 5.41) is 3.95. The van der Waals surface area contributed by atoms with Gasteiger partial charge in [-0.3, -0.25) is 14.4 Å². The highest BCUT2D eigenvalue weighted by Gasteiger charge is 2.57. The molecule has 3 fully saturated rings. The lowest BCUT2D eigenvalue weighted by Gasteiger charge is -2.52. The van der Waals surface area contributed by atoms with E-state index in [1.807, 2.05) is 91.0 Å². The molecule has 3 aliphatic rings. The standard InChI is InChI=1S/C48H63N3O14Si/c1-30(2)48(5,6)66(7,8)65-46-39(50-51-49)42(57-26-33-18-12-9-13-19-33)40(36(61-46)28-56-38(54)24-25-55-31(3)52)64-47-44(60-32(4)53)43(58-27-34-20-14-10-15-21-34)41-37(62-47)29-59-45(63-41)35-22-16-11-17-23-35/h9-23,30,36-37,39-47H,24-29H2,1-8H3. The van der Waals surface area contributed by atoms with E-state index in [2.05, 4.69) is 50.8 Å². The Labute approximate surface area is 387 Å². The van der Waals surface area contributed by atoms with Crippen molar-refractivity contribution in [3.05, 3.63) is 118 Å². The fourth-order valence-corrected chi connectivity index (χ4v) is 10.4. The minimum atomic E-state index is -2.75. The molecule has 0 bridgehead atoms. The topological polar surface area (TPSA) is 201 Å². The largest absolute Gasteiger partial charge is 0.465 e. The lowest BCUT2D eigenvalue weighted by Crippen LogP contribution is -2.67. The summed E-state index contributed by atoms with van der Waals surface area (Å²) in [5.41, 5.74) is 12.6. The van der Waals surface area contributed by atoms with Crippen LogP contribution in [0.15, 0.2) is 96.1 Å². The number of azide groups is 1. The zero-order valence-electron chi connectivity index (χ0n) is 38.9. The lowest BCUT2D eigenvalue weighted by molar-refractivity contribution is -0.385. The Morgan fingerprint density at radius 1 is 0.788 bits per heavy atom. The van der Waals surface area contributed by atoms with Crippen LogP contribution in [-0.2, 0) is 79.4 Å². The van der Waals surface area contributed by atoms with Gasteiger partial charge in [0, 0.05) is 24.3 Å². The third kappa shape index (κ3) is 13.0. The van der Waals surface area contributed by atoms with E-state index in [0.717, 1.165) is 16.7 Å². The SMILES string of the molecule is CC(=O)OCCC(=O)OCC1OC(O[Si](C)(C)C(C)(C)C(C)C)C(N=[N+]=[N-])C(OCc2ccccc2)C1OC1OC2COC(c3ccccc3)OC2C(OCc2ccccc2)C1OC(C)=O. The summed E-state index contributed by atoms with van der Waals surface area (Å²) in [4.78, 5) is 41.0. The van der Waals surface area contributed by atoms with Gasteiger partial charge in [-0.25, -0.2) is 0 Å². The number of ether oxygens (including phenoxy) is 10. The zero-order chi connectivity index (χ0) is 47.4. The van der Waals surface area contributed by atoms with Crippen LogP contribution >= 0.6 is 0 Å². The van der Waals surface area contributed by atoms with Crippen LogP contribution in [0.5, 0.6) is 0 Å². The third-order valence-electron chi connectivity index (χ3n) is 12.7. The van der Waals surface area contributed by atoms with Crippen LogP contribution in [0.3, 0.4) is 0 Å². The number of fused-ring (bicyclic) bond motifs is 1. The van der Waals surface area contributed by atoms with Gasteiger partial charge in [0.05, 0.1) is 26.2 Å². The summed E-state index contributed by atoms with van der Waals surface area (Å²) in [6.45, 7) is 14.8. The average molecular weight is 934 g/mol. The van der Waals surface area contributed by atoms with E-state index in [4.69, 9.17) is 51.8 Å². The van der Waals surface area contributed by atoms with Crippen LogP contribution in [0.4, 0.5) is 0 Å². The van der Waals surface area contributed by atoms with Crippen LogP contribution in [0.1, 0.15) is 70.9 Å². The Morgan fingerprint density at radius 3 is 1.97 bits per heavy atom. The molecule has 11 atom stereocenters. The fraction of sp³-hybridized carbons (Fsp3) is 0.562. The summed E-state index contributed by atoms with van der Waals surface area (Å²) in [7, 11) is -2.75. The summed E-state index contributed by atoms with van der Waals surface area (Å²) in [5.74, 6) is -1.67. The molecule has 0 spiro atoms. The maximum atomic E-state index is 13.2.